The van der Waals surface area contributed by atoms with Gasteiger partial charge < -0.3 is 0 Å². The van der Waals surface area contributed by atoms with Crippen LogP contribution in [-0.2, 0) is 4.79 Å². The lowest BCUT2D eigenvalue weighted by molar-refractivity contribution is -0.116. The van der Waals surface area contributed by atoms with E-state index in [-0.39, 0.29) is 5.41 Å². The molecule has 0 bridgehead atoms. The molecule has 0 saturated heterocycles. The van der Waals surface area contributed by atoms with Crippen molar-refractivity contribution in [2.75, 3.05) is 0 Å². The standard InChI is InChI=1S/C20H26O/c1-13-4-7-17-16-6-5-14-12-15(21)8-10-20(14,3)18(16)9-11-19(13,17)2/h5-6,12,16-18H,1,4,7-11H2,2-3H3. The van der Waals surface area contributed by atoms with Gasteiger partial charge in [-0.3, -0.25) is 4.79 Å². The van der Waals surface area contributed by atoms with Gasteiger partial charge in [-0.1, -0.05) is 38.2 Å². The van der Waals surface area contributed by atoms with Crippen LogP contribution < -0.4 is 0 Å². The summed E-state index contributed by atoms with van der Waals surface area (Å²) in [6.45, 7) is 9.25. The molecule has 0 amide bonds. The SMILES string of the molecule is C=C1CCC2C3C=CC4=CC(=O)CCC4(C)C3CCC12C. The highest BCUT2D eigenvalue weighted by Crippen LogP contribution is 2.64. The van der Waals surface area contributed by atoms with E-state index in [0.29, 0.717) is 17.1 Å². The van der Waals surface area contributed by atoms with Crippen LogP contribution in [0.5, 0.6) is 0 Å². The zero-order chi connectivity index (χ0) is 14.8. The van der Waals surface area contributed by atoms with Gasteiger partial charge in [-0.25, -0.2) is 0 Å². The van der Waals surface area contributed by atoms with Gasteiger partial charge in [0.25, 0.3) is 0 Å². The van der Waals surface area contributed by atoms with E-state index < -0.39 is 0 Å². The van der Waals surface area contributed by atoms with E-state index in [1.807, 2.05) is 6.08 Å². The maximum absolute atomic E-state index is 11.8. The minimum atomic E-state index is 0.235. The summed E-state index contributed by atoms with van der Waals surface area (Å²) < 4.78 is 0. The lowest BCUT2D eigenvalue weighted by atomic mass is 9.49. The average Bonchev–Trinajstić information content (AvgIpc) is 2.76. The Morgan fingerprint density at radius 2 is 1.86 bits per heavy atom. The average molecular weight is 282 g/mol. The first-order valence-corrected chi connectivity index (χ1v) is 8.57. The second-order valence-electron chi connectivity index (χ2n) is 8.23. The molecule has 112 valence electrons. The quantitative estimate of drug-likeness (QED) is 0.580. The molecule has 4 aliphatic rings. The zero-order valence-electron chi connectivity index (χ0n) is 13.3. The Labute approximate surface area is 128 Å². The van der Waals surface area contributed by atoms with Crippen molar-refractivity contribution in [2.45, 2.75) is 52.4 Å². The molecular formula is C20H26O. The maximum atomic E-state index is 11.8. The Morgan fingerprint density at radius 3 is 2.67 bits per heavy atom. The van der Waals surface area contributed by atoms with E-state index in [9.17, 15) is 4.79 Å². The summed E-state index contributed by atoms with van der Waals surface area (Å²) in [6.07, 6.45) is 13.6. The van der Waals surface area contributed by atoms with Crippen LogP contribution in [0.4, 0.5) is 0 Å². The van der Waals surface area contributed by atoms with Crippen LogP contribution in [0.1, 0.15) is 52.4 Å². The lowest BCUT2D eigenvalue weighted by Crippen LogP contribution is -2.47. The number of allylic oxidation sites excluding steroid dienone is 5. The van der Waals surface area contributed by atoms with Crippen LogP contribution in [0.3, 0.4) is 0 Å². The molecule has 1 nitrogen and oxygen atoms in total. The summed E-state index contributed by atoms with van der Waals surface area (Å²) in [5.74, 6) is 2.51. The van der Waals surface area contributed by atoms with Crippen molar-refractivity contribution in [3.05, 3.63) is 36.0 Å². The molecule has 21 heavy (non-hydrogen) atoms. The third kappa shape index (κ3) is 1.67. The van der Waals surface area contributed by atoms with E-state index in [4.69, 9.17) is 0 Å². The highest BCUT2D eigenvalue weighted by molar-refractivity contribution is 5.92. The van der Waals surface area contributed by atoms with Crippen LogP contribution in [0.2, 0.25) is 0 Å². The van der Waals surface area contributed by atoms with Crippen molar-refractivity contribution < 1.29 is 4.79 Å². The fraction of sp³-hybridized carbons (Fsp3) is 0.650. The van der Waals surface area contributed by atoms with E-state index in [0.717, 1.165) is 24.7 Å². The molecule has 0 heterocycles. The predicted octanol–water partition coefficient (Wildman–Crippen LogP) is 4.85. The van der Waals surface area contributed by atoms with E-state index in [1.54, 1.807) is 0 Å². The number of ketones is 1. The fourth-order valence-electron chi connectivity index (χ4n) is 5.91. The van der Waals surface area contributed by atoms with Crippen molar-refractivity contribution in [3.8, 4) is 0 Å². The summed E-state index contributed by atoms with van der Waals surface area (Å²) >= 11 is 0. The maximum Gasteiger partial charge on any atom is 0.156 e. The molecule has 0 aromatic heterocycles. The molecule has 5 atom stereocenters. The van der Waals surface area contributed by atoms with Gasteiger partial charge in [0.05, 0.1) is 0 Å². The molecule has 0 aliphatic heterocycles. The Hall–Kier alpha value is -1.11. The molecule has 0 radical (unpaired) electrons. The summed E-state index contributed by atoms with van der Waals surface area (Å²) in [5, 5.41) is 0. The zero-order valence-corrected chi connectivity index (χ0v) is 13.3. The topological polar surface area (TPSA) is 17.1 Å². The number of carbonyl (C=O) groups is 1. The van der Waals surface area contributed by atoms with Crippen LogP contribution in [-0.4, -0.2) is 5.78 Å². The van der Waals surface area contributed by atoms with Crippen LogP contribution in [0, 0.1) is 28.6 Å². The second kappa shape index (κ2) is 4.21. The molecular weight excluding hydrogens is 256 g/mol. The van der Waals surface area contributed by atoms with Crippen LogP contribution in [0.15, 0.2) is 36.0 Å². The monoisotopic (exact) mass is 282 g/mol. The van der Waals surface area contributed by atoms with Gasteiger partial charge in [0.2, 0.25) is 0 Å². The van der Waals surface area contributed by atoms with E-state index >= 15 is 0 Å². The minimum Gasteiger partial charge on any atom is -0.295 e. The number of fused-ring (bicyclic) bond motifs is 5. The van der Waals surface area contributed by atoms with Crippen molar-refractivity contribution >= 4 is 5.78 Å². The molecule has 1 heteroatoms. The molecule has 4 rings (SSSR count). The Balaban J connectivity index is 1.77. The molecule has 2 saturated carbocycles. The van der Waals surface area contributed by atoms with Crippen molar-refractivity contribution in [1.29, 1.82) is 0 Å². The van der Waals surface area contributed by atoms with E-state index in [2.05, 4.69) is 32.6 Å². The second-order valence-corrected chi connectivity index (χ2v) is 8.23. The number of hydrogen-bond donors (Lipinski definition) is 0. The van der Waals surface area contributed by atoms with Crippen molar-refractivity contribution in [2.24, 2.45) is 28.6 Å². The van der Waals surface area contributed by atoms with Gasteiger partial charge >= 0.3 is 0 Å². The number of carbonyl (C=O) groups excluding carboxylic acids is 1. The van der Waals surface area contributed by atoms with Crippen LogP contribution >= 0.6 is 0 Å². The smallest absolute Gasteiger partial charge is 0.156 e. The van der Waals surface area contributed by atoms with Gasteiger partial charge in [-0.15, -0.1) is 0 Å². The Kier molecular flexibility index (Phi) is 2.72. The third-order valence-electron chi connectivity index (χ3n) is 7.47. The number of rotatable bonds is 0. The molecule has 0 N–H and O–H groups in total. The van der Waals surface area contributed by atoms with Gasteiger partial charge in [0.1, 0.15) is 0 Å². The van der Waals surface area contributed by atoms with Crippen LogP contribution in [0.25, 0.3) is 0 Å². The third-order valence-corrected chi connectivity index (χ3v) is 7.47. The lowest BCUT2D eigenvalue weighted by Gasteiger charge is -2.55. The minimum absolute atomic E-state index is 0.235. The summed E-state index contributed by atoms with van der Waals surface area (Å²) in [5.41, 5.74) is 3.40. The van der Waals surface area contributed by atoms with Gasteiger partial charge in [-0.05, 0) is 72.3 Å². The Bertz CT molecular complexity index is 581. The highest BCUT2D eigenvalue weighted by Gasteiger charge is 2.55. The Morgan fingerprint density at radius 1 is 1.10 bits per heavy atom. The molecule has 4 aliphatic carbocycles. The summed E-state index contributed by atoms with van der Waals surface area (Å²) in [6, 6.07) is 0. The first kappa shape index (κ1) is 13.5. The molecule has 0 aromatic rings. The fourth-order valence-corrected chi connectivity index (χ4v) is 5.91. The largest absolute Gasteiger partial charge is 0.295 e. The highest BCUT2D eigenvalue weighted by atomic mass is 16.1. The molecule has 2 fully saturated rings. The number of hydrogen-bond acceptors (Lipinski definition) is 1. The van der Waals surface area contributed by atoms with Gasteiger partial charge in [0, 0.05) is 6.42 Å². The summed E-state index contributed by atoms with van der Waals surface area (Å²) in [7, 11) is 0. The molecule has 0 spiro atoms. The predicted molar refractivity (Wildman–Crippen MR) is 85.8 cm³/mol. The molecule has 5 unspecified atom stereocenters. The van der Waals surface area contributed by atoms with E-state index in [1.165, 1.54) is 36.8 Å². The normalized spacial score (nSPS) is 48.5. The molecule has 0 aromatic carbocycles. The van der Waals surface area contributed by atoms with Crippen molar-refractivity contribution in [3.63, 3.8) is 0 Å². The van der Waals surface area contributed by atoms with Gasteiger partial charge in [-0.2, -0.15) is 0 Å². The van der Waals surface area contributed by atoms with Crippen molar-refractivity contribution in [1.82, 2.24) is 0 Å². The first-order valence-electron chi connectivity index (χ1n) is 8.57. The van der Waals surface area contributed by atoms with Gasteiger partial charge in [0.15, 0.2) is 5.78 Å². The summed E-state index contributed by atoms with van der Waals surface area (Å²) in [4.78, 5) is 11.8. The first-order chi connectivity index (χ1) is 9.95.